The second kappa shape index (κ2) is 5.98. The average Bonchev–Trinajstić information content (AvgIpc) is 3.03. The highest BCUT2D eigenvalue weighted by atomic mass is 32.2. The molecule has 23 heavy (non-hydrogen) atoms. The van der Waals surface area contributed by atoms with Gasteiger partial charge in [-0.25, -0.2) is 27.7 Å². The first-order valence-electron chi connectivity index (χ1n) is 6.94. The molecule has 1 unspecified atom stereocenters. The molecule has 1 amide bonds. The van der Waals surface area contributed by atoms with Gasteiger partial charge in [-0.2, -0.15) is 0 Å². The molecule has 0 bridgehead atoms. The van der Waals surface area contributed by atoms with Crippen LogP contribution < -0.4 is 10.6 Å². The molecule has 9 nitrogen and oxygen atoms in total. The number of hydrogen-bond acceptors (Lipinski definition) is 8. The molecular weight excluding hydrogens is 340 g/mol. The molecule has 0 saturated carbocycles. The van der Waals surface area contributed by atoms with E-state index < -0.39 is 10.0 Å². The van der Waals surface area contributed by atoms with E-state index in [2.05, 4.69) is 25.6 Å². The molecule has 1 fully saturated rings. The Kier molecular flexibility index (Phi) is 4.17. The second-order valence-electron chi connectivity index (χ2n) is 5.34. The minimum atomic E-state index is -3.17. The molecule has 2 N–H and O–H groups in total. The maximum absolute atomic E-state index is 11.5. The van der Waals surface area contributed by atoms with Gasteiger partial charge in [0.15, 0.2) is 9.96 Å². The minimum Gasteiger partial charge on any atom is -0.350 e. The SMILES string of the molecule is CC(=O)Nc1nc2cnc(NC3CCN(S(C)(=O)=O)C3)nc2s1. The molecule has 124 valence electrons. The summed E-state index contributed by atoms with van der Waals surface area (Å²) in [6, 6.07) is -0.0232. The Labute approximate surface area is 137 Å². The van der Waals surface area contributed by atoms with Crippen molar-refractivity contribution in [2.45, 2.75) is 19.4 Å². The summed E-state index contributed by atoms with van der Waals surface area (Å²) in [6.45, 7) is 2.31. The van der Waals surface area contributed by atoms with Gasteiger partial charge in [0, 0.05) is 26.1 Å². The number of nitrogens with zero attached hydrogens (tertiary/aromatic N) is 4. The first-order chi connectivity index (χ1) is 10.8. The van der Waals surface area contributed by atoms with Gasteiger partial charge in [-0.3, -0.25) is 4.79 Å². The number of aromatic nitrogens is 3. The first kappa shape index (κ1) is 16.0. The summed E-state index contributed by atoms with van der Waals surface area (Å²) in [4.78, 5) is 24.5. The lowest BCUT2D eigenvalue weighted by Crippen LogP contribution is -2.31. The lowest BCUT2D eigenvalue weighted by Gasteiger charge is -2.14. The molecular formula is C12H16N6O3S2. The topological polar surface area (TPSA) is 117 Å². The van der Waals surface area contributed by atoms with E-state index in [9.17, 15) is 13.2 Å². The van der Waals surface area contributed by atoms with Crippen LogP contribution in [0.4, 0.5) is 11.1 Å². The van der Waals surface area contributed by atoms with E-state index in [0.717, 1.165) is 0 Å². The minimum absolute atomic E-state index is 0.0232. The van der Waals surface area contributed by atoms with Gasteiger partial charge in [-0.05, 0) is 6.42 Å². The fourth-order valence-electron chi connectivity index (χ4n) is 2.34. The van der Waals surface area contributed by atoms with Gasteiger partial charge < -0.3 is 10.6 Å². The predicted octanol–water partition coefficient (Wildman–Crippen LogP) is 0.490. The van der Waals surface area contributed by atoms with Crippen molar-refractivity contribution in [1.29, 1.82) is 0 Å². The maximum Gasteiger partial charge on any atom is 0.224 e. The monoisotopic (exact) mass is 356 g/mol. The zero-order valence-electron chi connectivity index (χ0n) is 12.6. The van der Waals surface area contributed by atoms with Gasteiger partial charge >= 0.3 is 0 Å². The summed E-state index contributed by atoms with van der Waals surface area (Å²) in [5.41, 5.74) is 0.605. The third-order valence-corrected chi connectivity index (χ3v) is 5.54. The van der Waals surface area contributed by atoms with Crippen molar-refractivity contribution in [3.63, 3.8) is 0 Å². The number of rotatable bonds is 4. The van der Waals surface area contributed by atoms with Crippen LogP contribution in [0.5, 0.6) is 0 Å². The first-order valence-corrected chi connectivity index (χ1v) is 9.60. The fraction of sp³-hybridized carbons (Fsp3) is 0.500. The molecule has 0 spiro atoms. The molecule has 11 heteroatoms. The number of sulfonamides is 1. The summed E-state index contributed by atoms with van der Waals surface area (Å²) in [7, 11) is -3.17. The van der Waals surface area contributed by atoms with Gasteiger partial charge in [-0.1, -0.05) is 11.3 Å². The summed E-state index contributed by atoms with van der Waals surface area (Å²) in [6.07, 6.45) is 3.49. The molecule has 1 atom stereocenters. The summed E-state index contributed by atoms with van der Waals surface area (Å²) in [5.74, 6) is 0.234. The quantitative estimate of drug-likeness (QED) is 0.818. The number of carbonyl (C=O) groups is 1. The Balaban J connectivity index is 1.72. The Morgan fingerprint density at radius 3 is 2.87 bits per heavy atom. The lowest BCUT2D eigenvalue weighted by molar-refractivity contribution is -0.114. The van der Waals surface area contributed by atoms with E-state index in [1.54, 1.807) is 6.20 Å². The highest BCUT2D eigenvalue weighted by Crippen LogP contribution is 2.25. The van der Waals surface area contributed by atoms with Crippen LogP contribution in [0.3, 0.4) is 0 Å². The fourth-order valence-corrected chi connectivity index (χ4v) is 4.08. The van der Waals surface area contributed by atoms with E-state index in [4.69, 9.17) is 0 Å². The van der Waals surface area contributed by atoms with Crippen molar-refractivity contribution < 1.29 is 13.2 Å². The molecule has 1 aliphatic rings. The molecule has 0 aromatic carbocycles. The maximum atomic E-state index is 11.5. The molecule has 2 aromatic rings. The molecule has 3 heterocycles. The number of anilines is 2. The number of thiazole rings is 1. The van der Waals surface area contributed by atoms with Crippen LogP contribution in [-0.2, 0) is 14.8 Å². The summed E-state index contributed by atoms with van der Waals surface area (Å²) < 4.78 is 24.5. The normalized spacial score (nSPS) is 19.1. The molecule has 0 aliphatic carbocycles. The van der Waals surface area contributed by atoms with Crippen LogP contribution in [0.25, 0.3) is 10.3 Å². The molecule has 2 aromatic heterocycles. The average molecular weight is 356 g/mol. The van der Waals surface area contributed by atoms with Crippen LogP contribution >= 0.6 is 11.3 Å². The smallest absolute Gasteiger partial charge is 0.224 e. The zero-order chi connectivity index (χ0) is 16.6. The van der Waals surface area contributed by atoms with E-state index in [-0.39, 0.29) is 11.9 Å². The Hall–Kier alpha value is -1.85. The summed E-state index contributed by atoms with van der Waals surface area (Å²) in [5, 5.41) is 6.24. The molecule has 1 saturated heterocycles. The largest absolute Gasteiger partial charge is 0.350 e. The lowest BCUT2D eigenvalue weighted by atomic mass is 10.3. The van der Waals surface area contributed by atoms with Gasteiger partial charge in [0.1, 0.15) is 5.52 Å². The third-order valence-electron chi connectivity index (χ3n) is 3.39. The van der Waals surface area contributed by atoms with Crippen LogP contribution in [0.15, 0.2) is 6.20 Å². The number of carbonyl (C=O) groups excluding carboxylic acids is 1. The third kappa shape index (κ3) is 3.74. The van der Waals surface area contributed by atoms with Gasteiger partial charge in [0.05, 0.1) is 12.5 Å². The Bertz CT molecular complexity index is 850. The van der Waals surface area contributed by atoms with Crippen molar-refractivity contribution in [3.8, 4) is 0 Å². The van der Waals surface area contributed by atoms with Crippen molar-refractivity contribution in [2.75, 3.05) is 30.0 Å². The van der Waals surface area contributed by atoms with E-state index in [0.29, 0.717) is 40.9 Å². The van der Waals surface area contributed by atoms with Crippen molar-refractivity contribution in [1.82, 2.24) is 19.3 Å². The number of hydrogen-bond donors (Lipinski definition) is 2. The van der Waals surface area contributed by atoms with Gasteiger partial charge in [0.2, 0.25) is 21.9 Å². The highest BCUT2D eigenvalue weighted by molar-refractivity contribution is 7.88. The van der Waals surface area contributed by atoms with Crippen LogP contribution in [-0.4, -0.2) is 59.0 Å². The number of amides is 1. The van der Waals surface area contributed by atoms with Crippen molar-refractivity contribution in [2.24, 2.45) is 0 Å². The van der Waals surface area contributed by atoms with E-state index in [1.165, 1.54) is 28.8 Å². The molecule has 1 aliphatic heterocycles. The van der Waals surface area contributed by atoms with Crippen molar-refractivity contribution in [3.05, 3.63) is 6.20 Å². The van der Waals surface area contributed by atoms with Gasteiger partial charge in [0.25, 0.3) is 0 Å². The van der Waals surface area contributed by atoms with E-state index >= 15 is 0 Å². The molecule has 3 rings (SSSR count). The predicted molar refractivity (Wildman–Crippen MR) is 88.0 cm³/mol. The number of fused-ring (bicyclic) bond motifs is 1. The summed E-state index contributed by atoms with van der Waals surface area (Å²) >= 11 is 1.26. The molecule has 0 radical (unpaired) electrons. The standard InChI is InChI=1S/C12H16N6O3S2/c1-7(19)14-12-16-9-5-13-11(17-10(9)22-12)15-8-3-4-18(6-8)23(2,20)21/h5,8H,3-4,6H2,1-2H3,(H,13,15,17)(H,14,16,19). The Morgan fingerprint density at radius 1 is 1.43 bits per heavy atom. The zero-order valence-corrected chi connectivity index (χ0v) is 14.2. The number of nitrogens with one attached hydrogen (secondary N) is 2. The second-order valence-corrected chi connectivity index (χ2v) is 8.30. The highest BCUT2D eigenvalue weighted by Gasteiger charge is 2.28. The van der Waals surface area contributed by atoms with Gasteiger partial charge in [-0.15, -0.1) is 0 Å². The van der Waals surface area contributed by atoms with Crippen LogP contribution in [0.2, 0.25) is 0 Å². The Morgan fingerprint density at radius 2 is 2.22 bits per heavy atom. The van der Waals surface area contributed by atoms with Crippen LogP contribution in [0.1, 0.15) is 13.3 Å². The van der Waals surface area contributed by atoms with Crippen LogP contribution in [0, 0.1) is 0 Å². The van der Waals surface area contributed by atoms with Crippen molar-refractivity contribution >= 4 is 48.7 Å². The van der Waals surface area contributed by atoms with E-state index in [1.807, 2.05) is 0 Å².